The molecule has 98 valence electrons. The van der Waals surface area contributed by atoms with Crippen LogP contribution in [0.25, 0.3) is 0 Å². The van der Waals surface area contributed by atoms with Gasteiger partial charge in [0.2, 0.25) is 0 Å². The summed E-state index contributed by atoms with van der Waals surface area (Å²) in [5, 5.41) is 0. The number of piperidine rings is 1. The second-order valence-electron chi connectivity index (χ2n) is 5.71. The minimum Gasteiger partial charge on any atom is -0.365 e. The molecule has 0 N–H and O–H groups in total. The molecular formula is C15H20FNO. The maximum Gasteiger partial charge on any atom is 0.123 e. The van der Waals surface area contributed by atoms with Crippen LogP contribution in [0.3, 0.4) is 0 Å². The number of hydrogen-bond acceptors (Lipinski definition) is 2. The summed E-state index contributed by atoms with van der Waals surface area (Å²) in [6.45, 7) is 7.15. The van der Waals surface area contributed by atoms with Gasteiger partial charge in [0.25, 0.3) is 0 Å². The Kier molecular flexibility index (Phi) is 2.91. The maximum absolute atomic E-state index is 13.4. The molecule has 2 heterocycles. The number of likely N-dealkylation sites (tertiary alicyclic amines) is 1. The molecule has 1 spiro atoms. The lowest BCUT2D eigenvalue weighted by Crippen LogP contribution is -2.45. The van der Waals surface area contributed by atoms with E-state index in [9.17, 15) is 4.39 Å². The summed E-state index contributed by atoms with van der Waals surface area (Å²) in [7, 11) is 0. The number of fused-ring (bicyclic) bond motifs is 2. The average Bonchev–Trinajstić information content (AvgIpc) is 2.69. The standard InChI is InChI=1S/C15H20FNO/c1-11(2)17-7-5-15(6-8-17)14-9-13(16)4-3-12(14)10-18-15/h3-4,9,11H,5-8,10H2,1-2H3. The summed E-state index contributed by atoms with van der Waals surface area (Å²) in [6, 6.07) is 5.65. The lowest BCUT2D eigenvalue weighted by Gasteiger charge is -2.41. The molecule has 0 unspecified atom stereocenters. The van der Waals surface area contributed by atoms with Crippen molar-refractivity contribution in [1.82, 2.24) is 4.90 Å². The molecule has 0 amide bonds. The number of halogens is 1. The zero-order chi connectivity index (χ0) is 12.8. The molecule has 18 heavy (non-hydrogen) atoms. The van der Waals surface area contributed by atoms with Gasteiger partial charge >= 0.3 is 0 Å². The fourth-order valence-corrected chi connectivity index (χ4v) is 3.21. The van der Waals surface area contributed by atoms with Crippen LogP contribution in [0.4, 0.5) is 4.39 Å². The van der Waals surface area contributed by atoms with Crippen LogP contribution in [-0.4, -0.2) is 24.0 Å². The SMILES string of the molecule is CC(C)N1CCC2(CC1)OCc1ccc(F)cc12. The van der Waals surface area contributed by atoms with Crippen LogP contribution in [0.5, 0.6) is 0 Å². The van der Waals surface area contributed by atoms with Crippen molar-refractivity contribution in [2.75, 3.05) is 13.1 Å². The lowest BCUT2D eigenvalue weighted by atomic mass is 9.83. The Morgan fingerprint density at radius 2 is 2.00 bits per heavy atom. The zero-order valence-electron chi connectivity index (χ0n) is 11.1. The smallest absolute Gasteiger partial charge is 0.123 e. The summed E-state index contributed by atoms with van der Waals surface area (Å²) in [5.74, 6) is -0.148. The summed E-state index contributed by atoms with van der Waals surface area (Å²) >= 11 is 0. The van der Waals surface area contributed by atoms with Gasteiger partial charge in [0, 0.05) is 19.1 Å². The highest BCUT2D eigenvalue weighted by Crippen LogP contribution is 2.44. The molecule has 0 atom stereocenters. The van der Waals surface area contributed by atoms with Crippen molar-refractivity contribution in [2.45, 2.75) is 44.9 Å². The van der Waals surface area contributed by atoms with Crippen LogP contribution in [0.1, 0.15) is 37.8 Å². The predicted octanol–water partition coefficient (Wildman–Crippen LogP) is 3.06. The first kappa shape index (κ1) is 12.1. The molecule has 3 rings (SSSR count). The van der Waals surface area contributed by atoms with Crippen molar-refractivity contribution < 1.29 is 9.13 Å². The number of benzene rings is 1. The molecule has 0 aromatic heterocycles. The van der Waals surface area contributed by atoms with E-state index in [1.165, 1.54) is 6.07 Å². The van der Waals surface area contributed by atoms with Crippen molar-refractivity contribution in [2.24, 2.45) is 0 Å². The minimum absolute atomic E-state index is 0.148. The first-order valence-corrected chi connectivity index (χ1v) is 6.78. The van der Waals surface area contributed by atoms with E-state index in [1.807, 2.05) is 6.07 Å². The highest BCUT2D eigenvalue weighted by molar-refractivity contribution is 5.36. The Balaban J connectivity index is 1.86. The quantitative estimate of drug-likeness (QED) is 0.758. The van der Waals surface area contributed by atoms with Gasteiger partial charge in [-0.05, 0) is 49.9 Å². The molecule has 0 aliphatic carbocycles. The normalized spacial score (nSPS) is 22.7. The fourth-order valence-electron chi connectivity index (χ4n) is 3.21. The third-order valence-electron chi connectivity index (χ3n) is 4.40. The van der Waals surface area contributed by atoms with Crippen LogP contribution in [0, 0.1) is 5.82 Å². The molecule has 2 aliphatic rings. The van der Waals surface area contributed by atoms with E-state index in [4.69, 9.17) is 4.74 Å². The average molecular weight is 249 g/mol. The van der Waals surface area contributed by atoms with Gasteiger partial charge in [-0.15, -0.1) is 0 Å². The van der Waals surface area contributed by atoms with Crippen molar-refractivity contribution in [3.63, 3.8) is 0 Å². The molecule has 0 bridgehead atoms. The van der Waals surface area contributed by atoms with E-state index in [1.54, 1.807) is 6.07 Å². The maximum atomic E-state index is 13.4. The van der Waals surface area contributed by atoms with E-state index < -0.39 is 0 Å². The highest BCUT2D eigenvalue weighted by atomic mass is 19.1. The Hall–Kier alpha value is -0.930. The lowest BCUT2D eigenvalue weighted by molar-refractivity contribution is -0.0826. The summed E-state index contributed by atoms with van der Waals surface area (Å²) < 4.78 is 19.5. The Morgan fingerprint density at radius 1 is 1.28 bits per heavy atom. The molecule has 1 aromatic carbocycles. The molecular weight excluding hydrogens is 229 g/mol. The predicted molar refractivity (Wildman–Crippen MR) is 68.8 cm³/mol. The topological polar surface area (TPSA) is 12.5 Å². The Labute approximate surface area is 108 Å². The van der Waals surface area contributed by atoms with Crippen LogP contribution in [0.2, 0.25) is 0 Å². The molecule has 1 aromatic rings. The molecule has 2 aliphatic heterocycles. The Bertz CT molecular complexity index is 450. The van der Waals surface area contributed by atoms with E-state index in [0.717, 1.165) is 37.1 Å². The van der Waals surface area contributed by atoms with Crippen LogP contribution in [-0.2, 0) is 16.9 Å². The molecule has 3 heteroatoms. The summed E-state index contributed by atoms with van der Waals surface area (Å²) in [4.78, 5) is 2.46. The van der Waals surface area contributed by atoms with Crippen LogP contribution >= 0.6 is 0 Å². The molecule has 0 radical (unpaired) electrons. The van der Waals surface area contributed by atoms with Gasteiger partial charge in [-0.25, -0.2) is 4.39 Å². The van der Waals surface area contributed by atoms with Gasteiger partial charge < -0.3 is 9.64 Å². The minimum atomic E-state index is -0.219. The number of nitrogens with zero attached hydrogens (tertiary/aromatic N) is 1. The molecule has 1 fully saturated rings. The van der Waals surface area contributed by atoms with Crippen molar-refractivity contribution in [3.8, 4) is 0 Å². The first-order chi connectivity index (χ1) is 8.61. The van der Waals surface area contributed by atoms with Crippen LogP contribution < -0.4 is 0 Å². The first-order valence-electron chi connectivity index (χ1n) is 6.78. The van der Waals surface area contributed by atoms with Gasteiger partial charge in [0.15, 0.2) is 0 Å². The van der Waals surface area contributed by atoms with Gasteiger partial charge in [-0.3, -0.25) is 0 Å². The highest BCUT2D eigenvalue weighted by Gasteiger charge is 2.42. The van der Waals surface area contributed by atoms with E-state index in [-0.39, 0.29) is 11.4 Å². The summed E-state index contributed by atoms with van der Waals surface area (Å²) in [5.41, 5.74) is 2.03. The van der Waals surface area contributed by atoms with Gasteiger partial charge in [0.1, 0.15) is 5.82 Å². The third-order valence-corrected chi connectivity index (χ3v) is 4.40. The van der Waals surface area contributed by atoms with Crippen molar-refractivity contribution in [3.05, 3.63) is 35.1 Å². The molecule has 1 saturated heterocycles. The van der Waals surface area contributed by atoms with Crippen molar-refractivity contribution >= 4 is 0 Å². The summed E-state index contributed by atoms with van der Waals surface area (Å²) in [6.07, 6.45) is 1.95. The number of hydrogen-bond donors (Lipinski definition) is 0. The zero-order valence-corrected chi connectivity index (χ0v) is 11.1. The monoisotopic (exact) mass is 249 g/mol. The number of rotatable bonds is 1. The second kappa shape index (κ2) is 4.32. The third kappa shape index (κ3) is 1.86. The largest absolute Gasteiger partial charge is 0.365 e. The van der Waals surface area contributed by atoms with E-state index >= 15 is 0 Å². The van der Waals surface area contributed by atoms with E-state index in [0.29, 0.717) is 12.6 Å². The van der Waals surface area contributed by atoms with Gasteiger partial charge in [-0.2, -0.15) is 0 Å². The second-order valence-corrected chi connectivity index (χ2v) is 5.71. The van der Waals surface area contributed by atoms with Gasteiger partial charge in [0.05, 0.1) is 12.2 Å². The molecule has 2 nitrogen and oxygen atoms in total. The number of ether oxygens (including phenoxy) is 1. The fraction of sp³-hybridized carbons (Fsp3) is 0.600. The van der Waals surface area contributed by atoms with Crippen LogP contribution in [0.15, 0.2) is 18.2 Å². The van der Waals surface area contributed by atoms with Crippen molar-refractivity contribution in [1.29, 1.82) is 0 Å². The Morgan fingerprint density at radius 3 is 2.67 bits per heavy atom. The van der Waals surface area contributed by atoms with E-state index in [2.05, 4.69) is 18.7 Å². The molecule has 0 saturated carbocycles. The van der Waals surface area contributed by atoms with Gasteiger partial charge in [-0.1, -0.05) is 6.07 Å².